The smallest absolute Gasteiger partial charge is 0.417 e. The van der Waals surface area contributed by atoms with Gasteiger partial charge in [0.2, 0.25) is 11.7 Å². The van der Waals surface area contributed by atoms with Crippen molar-refractivity contribution in [2.45, 2.75) is 42.0 Å². The fourth-order valence-electron chi connectivity index (χ4n) is 4.49. The number of esters is 1. The maximum absolute atomic E-state index is 13.4. The van der Waals surface area contributed by atoms with Crippen molar-refractivity contribution in [2.75, 3.05) is 6.54 Å². The molecule has 0 saturated carbocycles. The SMILES string of the molecule is NC(=O)C1N=C(N)N2CC(OC(=O)c3cc(C(F)(F)F)ccc3C(F)(F)F)C(O)(O)C23NC(N)=NC13. The van der Waals surface area contributed by atoms with Crippen LogP contribution in [0.4, 0.5) is 26.3 Å². The molecule has 36 heavy (non-hydrogen) atoms. The number of carbonyl (C=O) groups excluding carboxylic acids is 2. The molecule has 1 aromatic carbocycles. The van der Waals surface area contributed by atoms with Crippen molar-refractivity contribution >= 4 is 23.8 Å². The van der Waals surface area contributed by atoms with Crippen LogP contribution in [0.1, 0.15) is 21.5 Å². The average molecular weight is 525 g/mol. The number of aliphatic hydroxyl groups is 2. The van der Waals surface area contributed by atoms with Gasteiger partial charge in [0.25, 0.3) is 0 Å². The van der Waals surface area contributed by atoms with Crippen LogP contribution in [0.15, 0.2) is 28.2 Å². The summed E-state index contributed by atoms with van der Waals surface area (Å²) >= 11 is 0. The number of hydrogen-bond donors (Lipinski definition) is 6. The second kappa shape index (κ2) is 7.60. The Balaban J connectivity index is 1.74. The zero-order valence-electron chi connectivity index (χ0n) is 17.6. The van der Waals surface area contributed by atoms with Crippen LogP contribution in [0.5, 0.6) is 0 Å². The highest BCUT2D eigenvalue weighted by molar-refractivity contribution is 5.94. The average Bonchev–Trinajstić information content (AvgIpc) is 3.20. The monoisotopic (exact) mass is 525 g/mol. The van der Waals surface area contributed by atoms with Gasteiger partial charge in [-0.05, 0) is 18.2 Å². The first-order chi connectivity index (χ1) is 16.4. The number of ether oxygens (including phenoxy) is 1. The molecule has 0 aromatic heterocycles. The Morgan fingerprint density at radius 2 is 1.75 bits per heavy atom. The first-order valence-corrected chi connectivity index (χ1v) is 9.87. The number of halogens is 6. The molecule has 0 bridgehead atoms. The van der Waals surface area contributed by atoms with E-state index < -0.39 is 89.0 Å². The Hall–Kier alpha value is -3.80. The standard InChI is InChI=1S/C18H17F6N7O5/c19-17(20,21)5-1-2-7(18(22,23)24)6(3-5)12(33)36-8-4-31-14(27)28-9(11(25)32)10-15(31,16(8,34)35)30-13(26)29-10/h1-3,8-10,34-35H,4H2,(H2,25,32)(H2,27,28)(H3,26,29,30). The van der Waals surface area contributed by atoms with Gasteiger partial charge in [0.05, 0.1) is 23.2 Å². The fraction of sp³-hybridized carbons (Fsp3) is 0.444. The lowest BCUT2D eigenvalue weighted by Gasteiger charge is -2.47. The molecule has 196 valence electrons. The van der Waals surface area contributed by atoms with E-state index >= 15 is 0 Å². The zero-order chi connectivity index (χ0) is 27.0. The van der Waals surface area contributed by atoms with E-state index in [1.165, 1.54) is 0 Å². The zero-order valence-corrected chi connectivity index (χ0v) is 17.6. The number of nitrogens with two attached hydrogens (primary N) is 3. The molecule has 3 aliphatic heterocycles. The van der Waals surface area contributed by atoms with Gasteiger partial charge >= 0.3 is 18.3 Å². The third kappa shape index (κ3) is 3.55. The van der Waals surface area contributed by atoms with Crippen LogP contribution in [-0.4, -0.2) is 75.1 Å². The van der Waals surface area contributed by atoms with E-state index in [0.717, 1.165) is 4.90 Å². The number of rotatable bonds is 3. The molecule has 1 fully saturated rings. The minimum absolute atomic E-state index is 0.0480. The van der Waals surface area contributed by atoms with Crippen molar-refractivity contribution in [2.24, 2.45) is 27.2 Å². The van der Waals surface area contributed by atoms with Crippen molar-refractivity contribution in [3.8, 4) is 0 Å². The first-order valence-electron chi connectivity index (χ1n) is 9.87. The highest BCUT2D eigenvalue weighted by atomic mass is 19.4. The summed E-state index contributed by atoms with van der Waals surface area (Å²) < 4.78 is 84.4. The summed E-state index contributed by atoms with van der Waals surface area (Å²) in [7, 11) is 0. The van der Waals surface area contributed by atoms with Crippen molar-refractivity contribution in [1.82, 2.24) is 10.2 Å². The van der Waals surface area contributed by atoms with E-state index in [9.17, 15) is 46.1 Å². The van der Waals surface area contributed by atoms with Crippen molar-refractivity contribution in [1.29, 1.82) is 0 Å². The number of aliphatic imine (C=N–C) groups is 2. The number of hydrogen-bond acceptors (Lipinski definition) is 11. The van der Waals surface area contributed by atoms with Gasteiger partial charge in [-0.1, -0.05) is 0 Å². The van der Waals surface area contributed by atoms with E-state index in [-0.39, 0.29) is 18.2 Å². The molecular formula is C18H17F6N7O5. The lowest BCUT2D eigenvalue weighted by Crippen LogP contribution is -2.78. The van der Waals surface area contributed by atoms with E-state index in [0.29, 0.717) is 0 Å². The molecule has 0 radical (unpaired) electrons. The van der Waals surface area contributed by atoms with Crippen LogP contribution in [0, 0.1) is 0 Å². The summed E-state index contributed by atoms with van der Waals surface area (Å²) in [5, 5.41) is 24.5. The number of primary amides is 1. The van der Waals surface area contributed by atoms with E-state index in [1.54, 1.807) is 0 Å². The molecule has 4 unspecified atom stereocenters. The molecule has 1 amide bonds. The van der Waals surface area contributed by atoms with Gasteiger partial charge in [0.15, 0.2) is 29.7 Å². The van der Waals surface area contributed by atoms with Crippen LogP contribution in [0.3, 0.4) is 0 Å². The minimum atomic E-state index is -5.26. The number of nitrogens with zero attached hydrogens (tertiary/aromatic N) is 3. The fourth-order valence-corrected chi connectivity index (χ4v) is 4.49. The first kappa shape index (κ1) is 25.3. The molecule has 9 N–H and O–H groups in total. The number of carbonyl (C=O) groups is 2. The highest BCUT2D eigenvalue weighted by Gasteiger charge is 2.75. The van der Waals surface area contributed by atoms with Gasteiger partial charge < -0.3 is 42.4 Å². The summed E-state index contributed by atoms with van der Waals surface area (Å²) in [5.41, 5.74) is 9.58. The molecule has 4 rings (SSSR count). The summed E-state index contributed by atoms with van der Waals surface area (Å²) in [6.07, 6.45) is -12.5. The number of alkyl halides is 6. The van der Waals surface area contributed by atoms with Crippen LogP contribution < -0.4 is 22.5 Å². The van der Waals surface area contributed by atoms with Gasteiger partial charge in [-0.25, -0.2) is 14.8 Å². The lowest BCUT2D eigenvalue weighted by molar-refractivity contribution is -0.256. The van der Waals surface area contributed by atoms with E-state index in [1.807, 2.05) is 0 Å². The number of benzene rings is 1. The molecule has 1 spiro atoms. The Labute approximate surface area is 196 Å². The van der Waals surface area contributed by atoms with Crippen molar-refractivity contribution in [3.05, 3.63) is 34.9 Å². The third-order valence-electron chi connectivity index (χ3n) is 6.07. The molecule has 18 heteroatoms. The molecule has 1 saturated heterocycles. The van der Waals surface area contributed by atoms with Crippen molar-refractivity contribution in [3.63, 3.8) is 0 Å². The van der Waals surface area contributed by atoms with Crippen LogP contribution in [0.2, 0.25) is 0 Å². The maximum Gasteiger partial charge on any atom is 0.417 e. The molecule has 12 nitrogen and oxygen atoms in total. The number of nitrogens with one attached hydrogen (secondary N) is 1. The van der Waals surface area contributed by atoms with Crippen LogP contribution in [0.25, 0.3) is 0 Å². The Morgan fingerprint density at radius 3 is 2.31 bits per heavy atom. The molecule has 4 atom stereocenters. The molecule has 3 aliphatic rings. The van der Waals surface area contributed by atoms with Crippen LogP contribution in [-0.2, 0) is 21.9 Å². The Bertz CT molecular complexity index is 1200. The van der Waals surface area contributed by atoms with Gasteiger partial charge in [0, 0.05) is 0 Å². The summed E-state index contributed by atoms with van der Waals surface area (Å²) in [6, 6.07) is -3.01. The largest absolute Gasteiger partial charge is 0.451 e. The predicted molar refractivity (Wildman–Crippen MR) is 105 cm³/mol. The quantitative estimate of drug-likeness (QED) is 0.153. The van der Waals surface area contributed by atoms with Crippen molar-refractivity contribution < 1.29 is 50.9 Å². The van der Waals surface area contributed by atoms with Gasteiger partial charge in [0.1, 0.15) is 6.04 Å². The minimum Gasteiger partial charge on any atom is -0.451 e. The maximum atomic E-state index is 13.4. The lowest BCUT2D eigenvalue weighted by atomic mass is 9.85. The normalized spacial score (nSPS) is 29.0. The van der Waals surface area contributed by atoms with Gasteiger partial charge in [-0.2, -0.15) is 26.3 Å². The number of amides is 1. The molecule has 0 aliphatic carbocycles. The van der Waals surface area contributed by atoms with Gasteiger partial charge in [-0.15, -0.1) is 0 Å². The summed E-state index contributed by atoms with van der Waals surface area (Å²) in [6.45, 7) is -0.744. The second-order valence-electron chi connectivity index (χ2n) is 8.17. The highest BCUT2D eigenvalue weighted by Crippen LogP contribution is 2.46. The molecule has 1 aromatic rings. The third-order valence-corrected chi connectivity index (χ3v) is 6.07. The Kier molecular flexibility index (Phi) is 5.34. The topological polar surface area (TPSA) is 202 Å². The van der Waals surface area contributed by atoms with Crippen LogP contribution >= 0.6 is 0 Å². The number of guanidine groups is 2. The second-order valence-corrected chi connectivity index (χ2v) is 8.17. The van der Waals surface area contributed by atoms with E-state index in [2.05, 4.69) is 15.3 Å². The van der Waals surface area contributed by atoms with Gasteiger partial charge in [-0.3, -0.25) is 4.79 Å². The predicted octanol–water partition coefficient (Wildman–Crippen LogP) is -1.59. The Morgan fingerprint density at radius 1 is 1.11 bits per heavy atom. The molecule has 3 heterocycles. The summed E-state index contributed by atoms with van der Waals surface area (Å²) in [4.78, 5) is 33.2. The summed E-state index contributed by atoms with van der Waals surface area (Å²) in [5.74, 6) is -7.28. The molecular weight excluding hydrogens is 508 g/mol. The van der Waals surface area contributed by atoms with E-state index in [4.69, 9.17) is 21.9 Å².